The Morgan fingerprint density at radius 2 is 1.80 bits per heavy atom. The third-order valence-corrected chi connectivity index (χ3v) is 5.12. The van der Waals surface area contributed by atoms with Crippen molar-refractivity contribution in [3.8, 4) is 11.5 Å². The molecule has 0 saturated heterocycles. The molecule has 0 aromatic heterocycles. The van der Waals surface area contributed by atoms with Crippen molar-refractivity contribution in [1.82, 2.24) is 0 Å². The van der Waals surface area contributed by atoms with Gasteiger partial charge in [0.2, 0.25) is 6.79 Å². The van der Waals surface area contributed by atoms with E-state index in [0.717, 1.165) is 20.2 Å². The molecule has 20 heavy (non-hydrogen) atoms. The first-order chi connectivity index (χ1) is 9.63. The first-order valence-corrected chi connectivity index (χ1v) is 7.87. The van der Waals surface area contributed by atoms with Gasteiger partial charge in [-0.05, 0) is 49.6 Å². The number of hydrogen-bond acceptors (Lipinski definition) is 3. The van der Waals surface area contributed by atoms with E-state index in [0.29, 0.717) is 23.1 Å². The molecule has 1 aliphatic rings. The van der Waals surface area contributed by atoms with E-state index in [1.807, 2.05) is 18.2 Å². The third-order valence-electron chi connectivity index (χ3n) is 2.93. The lowest BCUT2D eigenvalue weighted by Crippen LogP contribution is -2.00. The van der Waals surface area contributed by atoms with Crippen LogP contribution in [0.3, 0.4) is 0 Å². The first kappa shape index (κ1) is 14.0. The lowest BCUT2D eigenvalue weighted by Gasteiger charge is -2.10. The van der Waals surface area contributed by atoms with Gasteiger partial charge in [-0.3, -0.25) is 0 Å². The van der Waals surface area contributed by atoms with Crippen molar-refractivity contribution < 1.29 is 9.47 Å². The van der Waals surface area contributed by atoms with Gasteiger partial charge in [-0.15, -0.1) is 0 Å². The maximum Gasteiger partial charge on any atom is 0.231 e. The fourth-order valence-electron chi connectivity index (χ4n) is 1.90. The van der Waals surface area contributed by atoms with E-state index in [2.05, 4.69) is 43.2 Å². The van der Waals surface area contributed by atoms with Crippen molar-refractivity contribution in [1.29, 1.82) is 0 Å². The highest BCUT2D eigenvalue weighted by Crippen LogP contribution is 2.39. The number of anilines is 1. The normalized spacial score (nSPS) is 12.6. The Morgan fingerprint density at radius 1 is 1.05 bits per heavy atom. The maximum absolute atomic E-state index is 6.22. The van der Waals surface area contributed by atoms with E-state index in [-0.39, 0.29) is 6.79 Å². The average molecular weight is 420 g/mol. The molecule has 1 N–H and O–H groups in total. The van der Waals surface area contributed by atoms with E-state index in [4.69, 9.17) is 21.1 Å². The summed E-state index contributed by atoms with van der Waals surface area (Å²) < 4.78 is 12.7. The number of benzene rings is 2. The second-order valence-electron chi connectivity index (χ2n) is 4.29. The van der Waals surface area contributed by atoms with Crippen LogP contribution in [0.1, 0.15) is 5.56 Å². The summed E-state index contributed by atoms with van der Waals surface area (Å²) in [6, 6.07) is 9.73. The molecule has 0 saturated carbocycles. The van der Waals surface area contributed by atoms with Crippen LogP contribution in [0.4, 0.5) is 5.69 Å². The standard InChI is InChI=1S/C14H10Br2ClNO2/c15-9-2-1-8(3-10(9)16)6-18-12-5-14-13(4-11(12)17)19-7-20-14/h1-5,18H,6-7H2. The van der Waals surface area contributed by atoms with Gasteiger partial charge in [0.25, 0.3) is 0 Å². The second kappa shape index (κ2) is 5.84. The lowest BCUT2D eigenvalue weighted by molar-refractivity contribution is 0.174. The summed E-state index contributed by atoms with van der Waals surface area (Å²) in [6.45, 7) is 0.917. The Balaban J connectivity index is 1.76. The SMILES string of the molecule is Clc1cc2c(cc1NCc1ccc(Br)c(Br)c1)OCO2. The van der Waals surface area contributed by atoms with E-state index in [1.165, 1.54) is 0 Å². The Labute approximate surface area is 138 Å². The molecule has 0 radical (unpaired) electrons. The Bertz CT molecular complexity index is 664. The number of fused-ring (bicyclic) bond motifs is 1. The van der Waals surface area contributed by atoms with Crippen molar-refractivity contribution in [3.05, 3.63) is 49.9 Å². The summed E-state index contributed by atoms with van der Waals surface area (Å²) in [5, 5.41) is 3.92. The van der Waals surface area contributed by atoms with Crippen molar-refractivity contribution in [3.63, 3.8) is 0 Å². The summed E-state index contributed by atoms with van der Waals surface area (Å²) in [7, 11) is 0. The fourth-order valence-corrected chi connectivity index (χ4v) is 2.79. The zero-order valence-electron chi connectivity index (χ0n) is 10.3. The Morgan fingerprint density at radius 3 is 2.55 bits per heavy atom. The molecule has 0 spiro atoms. The van der Waals surface area contributed by atoms with Crippen LogP contribution in [0, 0.1) is 0 Å². The van der Waals surface area contributed by atoms with Crippen LogP contribution >= 0.6 is 43.5 Å². The molecule has 0 unspecified atom stereocenters. The average Bonchev–Trinajstić information content (AvgIpc) is 2.87. The van der Waals surface area contributed by atoms with Crippen LogP contribution in [-0.4, -0.2) is 6.79 Å². The molecule has 0 amide bonds. The van der Waals surface area contributed by atoms with Crippen LogP contribution in [0.2, 0.25) is 5.02 Å². The predicted molar refractivity (Wildman–Crippen MR) is 86.7 cm³/mol. The molecule has 104 valence electrons. The van der Waals surface area contributed by atoms with Crippen LogP contribution < -0.4 is 14.8 Å². The molecule has 2 aromatic rings. The van der Waals surface area contributed by atoms with E-state index in [9.17, 15) is 0 Å². The Hall–Kier alpha value is -0.910. The molecule has 0 bridgehead atoms. The summed E-state index contributed by atoms with van der Waals surface area (Å²) in [5.74, 6) is 1.40. The second-order valence-corrected chi connectivity index (χ2v) is 6.40. The third kappa shape index (κ3) is 2.90. The zero-order chi connectivity index (χ0) is 14.1. The monoisotopic (exact) mass is 417 g/mol. The molecule has 6 heteroatoms. The highest BCUT2D eigenvalue weighted by molar-refractivity contribution is 9.13. The van der Waals surface area contributed by atoms with E-state index >= 15 is 0 Å². The summed E-state index contributed by atoms with van der Waals surface area (Å²) in [6.07, 6.45) is 0. The predicted octanol–water partition coefficient (Wildman–Crippen LogP) is 5.21. The molecule has 2 aromatic carbocycles. The highest BCUT2D eigenvalue weighted by atomic mass is 79.9. The van der Waals surface area contributed by atoms with Gasteiger partial charge >= 0.3 is 0 Å². The minimum absolute atomic E-state index is 0.245. The number of rotatable bonds is 3. The van der Waals surface area contributed by atoms with Gasteiger partial charge < -0.3 is 14.8 Å². The van der Waals surface area contributed by atoms with Crippen molar-refractivity contribution in [2.45, 2.75) is 6.54 Å². The van der Waals surface area contributed by atoms with Gasteiger partial charge in [0.1, 0.15) is 0 Å². The smallest absolute Gasteiger partial charge is 0.231 e. The number of halogens is 3. The van der Waals surface area contributed by atoms with Crippen LogP contribution in [-0.2, 0) is 6.54 Å². The lowest BCUT2D eigenvalue weighted by atomic mass is 10.2. The topological polar surface area (TPSA) is 30.5 Å². The molecule has 1 aliphatic heterocycles. The van der Waals surface area contributed by atoms with Crippen LogP contribution in [0.15, 0.2) is 39.3 Å². The van der Waals surface area contributed by atoms with Crippen molar-refractivity contribution in [2.75, 3.05) is 12.1 Å². The quantitative estimate of drug-likeness (QED) is 0.741. The molecule has 0 aliphatic carbocycles. The molecule has 1 heterocycles. The molecular weight excluding hydrogens is 409 g/mol. The van der Waals surface area contributed by atoms with E-state index in [1.54, 1.807) is 6.07 Å². The molecule has 0 fully saturated rings. The van der Waals surface area contributed by atoms with Gasteiger partial charge in [0, 0.05) is 27.6 Å². The Kier molecular flexibility index (Phi) is 4.10. The van der Waals surface area contributed by atoms with Crippen LogP contribution in [0.5, 0.6) is 11.5 Å². The molecule has 3 nitrogen and oxygen atoms in total. The summed E-state index contributed by atoms with van der Waals surface area (Å²) in [5.41, 5.74) is 1.98. The van der Waals surface area contributed by atoms with Crippen molar-refractivity contribution in [2.24, 2.45) is 0 Å². The molecule has 0 atom stereocenters. The fraction of sp³-hybridized carbons (Fsp3) is 0.143. The van der Waals surface area contributed by atoms with Gasteiger partial charge in [0.05, 0.1) is 10.7 Å². The minimum Gasteiger partial charge on any atom is -0.454 e. The highest BCUT2D eigenvalue weighted by Gasteiger charge is 2.16. The van der Waals surface area contributed by atoms with Gasteiger partial charge in [-0.1, -0.05) is 17.7 Å². The van der Waals surface area contributed by atoms with Gasteiger partial charge in [-0.25, -0.2) is 0 Å². The summed E-state index contributed by atoms with van der Waals surface area (Å²) >= 11 is 13.2. The number of nitrogens with one attached hydrogen (secondary N) is 1. The minimum atomic E-state index is 0.245. The van der Waals surface area contributed by atoms with E-state index < -0.39 is 0 Å². The maximum atomic E-state index is 6.22. The van der Waals surface area contributed by atoms with Gasteiger partial charge in [0.15, 0.2) is 11.5 Å². The molecule has 3 rings (SSSR count). The zero-order valence-corrected chi connectivity index (χ0v) is 14.2. The van der Waals surface area contributed by atoms with Crippen LogP contribution in [0.25, 0.3) is 0 Å². The summed E-state index contributed by atoms with van der Waals surface area (Å²) in [4.78, 5) is 0. The number of hydrogen-bond donors (Lipinski definition) is 1. The molecular formula is C14H10Br2ClNO2. The van der Waals surface area contributed by atoms with Gasteiger partial charge in [-0.2, -0.15) is 0 Å². The van der Waals surface area contributed by atoms with Crippen molar-refractivity contribution >= 4 is 49.1 Å². The number of ether oxygens (including phenoxy) is 2. The first-order valence-electron chi connectivity index (χ1n) is 5.90. The largest absolute Gasteiger partial charge is 0.454 e.